The molecule has 1 aliphatic rings. The van der Waals surface area contributed by atoms with Crippen molar-refractivity contribution in [2.45, 2.75) is 38.7 Å². The van der Waals surface area contributed by atoms with Crippen LogP contribution < -0.4 is 19.1 Å². The Labute approximate surface area is 187 Å². The SMILES string of the molecule is COc1ccccc1CN1CCCN(c2ccc(OC)c(OCCCC(C)(F)F)c2)C1=O. The highest BCUT2D eigenvalue weighted by Crippen LogP contribution is 2.34. The average molecular weight is 449 g/mol. The van der Waals surface area contributed by atoms with Crippen molar-refractivity contribution in [2.24, 2.45) is 0 Å². The van der Waals surface area contributed by atoms with Gasteiger partial charge in [0, 0.05) is 36.8 Å². The smallest absolute Gasteiger partial charge is 0.324 e. The van der Waals surface area contributed by atoms with E-state index in [0.717, 1.165) is 24.7 Å². The van der Waals surface area contributed by atoms with Gasteiger partial charge in [0.1, 0.15) is 5.75 Å². The van der Waals surface area contributed by atoms with Crippen LogP contribution in [0, 0.1) is 0 Å². The fourth-order valence-corrected chi connectivity index (χ4v) is 3.72. The van der Waals surface area contributed by atoms with Crippen molar-refractivity contribution in [3.8, 4) is 17.2 Å². The van der Waals surface area contributed by atoms with Gasteiger partial charge in [0.05, 0.1) is 27.4 Å². The molecular formula is C24H30F2N2O4. The molecule has 2 amide bonds. The summed E-state index contributed by atoms with van der Waals surface area (Å²) in [5.41, 5.74) is 1.62. The van der Waals surface area contributed by atoms with E-state index in [1.54, 1.807) is 35.1 Å². The van der Waals surface area contributed by atoms with Crippen LogP contribution in [0.3, 0.4) is 0 Å². The van der Waals surface area contributed by atoms with Crippen molar-refractivity contribution in [2.75, 3.05) is 38.8 Å². The van der Waals surface area contributed by atoms with Crippen LogP contribution in [0.2, 0.25) is 0 Å². The molecule has 0 atom stereocenters. The number of methoxy groups -OCH3 is 2. The number of halogens is 2. The highest BCUT2D eigenvalue weighted by atomic mass is 19.3. The van der Waals surface area contributed by atoms with Crippen molar-refractivity contribution in [1.29, 1.82) is 0 Å². The Morgan fingerprint density at radius 3 is 2.47 bits per heavy atom. The summed E-state index contributed by atoms with van der Waals surface area (Å²) >= 11 is 0. The number of nitrogens with zero attached hydrogens (tertiary/aromatic N) is 2. The Kier molecular flexibility index (Phi) is 7.77. The highest BCUT2D eigenvalue weighted by Gasteiger charge is 2.28. The number of benzene rings is 2. The number of para-hydroxylation sites is 1. The van der Waals surface area contributed by atoms with Gasteiger partial charge < -0.3 is 19.1 Å². The number of hydrogen-bond acceptors (Lipinski definition) is 4. The van der Waals surface area contributed by atoms with E-state index in [9.17, 15) is 13.6 Å². The maximum Gasteiger partial charge on any atom is 0.324 e. The number of rotatable bonds is 10. The van der Waals surface area contributed by atoms with Crippen molar-refractivity contribution < 1.29 is 27.8 Å². The lowest BCUT2D eigenvalue weighted by Crippen LogP contribution is -2.49. The number of hydrogen-bond donors (Lipinski definition) is 0. The van der Waals surface area contributed by atoms with Gasteiger partial charge in [-0.2, -0.15) is 0 Å². The largest absolute Gasteiger partial charge is 0.496 e. The third-order valence-electron chi connectivity index (χ3n) is 5.34. The minimum Gasteiger partial charge on any atom is -0.496 e. The van der Waals surface area contributed by atoms with Gasteiger partial charge in [0.25, 0.3) is 0 Å². The fraction of sp³-hybridized carbons (Fsp3) is 0.458. The highest BCUT2D eigenvalue weighted by molar-refractivity contribution is 5.93. The minimum atomic E-state index is -2.72. The summed E-state index contributed by atoms with van der Waals surface area (Å²) in [4.78, 5) is 16.7. The van der Waals surface area contributed by atoms with Crippen molar-refractivity contribution >= 4 is 11.7 Å². The van der Waals surface area contributed by atoms with Crippen LogP contribution in [0.4, 0.5) is 19.3 Å². The number of carbonyl (C=O) groups is 1. The number of anilines is 1. The van der Waals surface area contributed by atoms with Crippen molar-refractivity contribution in [3.63, 3.8) is 0 Å². The van der Waals surface area contributed by atoms with Crippen LogP contribution in [-0.4, -0.2) is 50.8 Å². The average Bonchev–Trinajstić information content (AvgIpc) is 2.77. The van der Waals surface area contributed by atoms with E-state index in [0.29, 0.717) is 36.8 Å². The third kappa shape index (κ3) is 6.02. The Morgan fingerprint density at radius 2 is 1.75 bits per heavy atom. The molecule has 0 N–H and O–H groups in total. The van der Waals surface area contributed by atoms with E-state index in [4.69, 9.17) is 14.2 Å². The molecule has 1 heterocycles. The van der Waals surface area contributed by atoms with Gasteiger partial charge in [-0.15, -0.1) is 0 Å². The summed E-state index contributed by atoms with van der Waals surface area (Å²) in [6.45, 7) is 2.71. The zero-order valence-corrected chi connectivity index (χ0v) is 18.8. The Hall–Kier alpha value is -3.03. The molecule has 0 aliphatic carbocycles. The molecule has 0 radical (unpaired) electrons. The van der Waals surface area contributed by atoms with Crippen molar-refractivity contribution in [3.05, 3.63) is 48.0 Å². The molecule has 1 aliphatic heterocycles. The number of alkyl halides is 2. The van der Waals surface area contributed by atoms with E-state index in [1.807, 2.05) is 24.3 Å². The first-order chi connectivity index (χ1) is 15.3. The van der Waals surface area contributed by atoms with Crippen molar-refractivity contribution in [1.82, 2.24) is 4.90 Å². The van der Waals surface area contributed by atoms with Gasteiger partial charge in [-0.25, -0.2) is 13.6 Å². The van der Waals surface area contributed by atoms with Gasteiger partial charge in [-0.05, 0) is 38.0 Å². The zero-order valence-electron chi connectivity index (χ0n) is 18.8. The molecule has 6 nitrogen and oxygen atoms in total. The van der Waals surface area contributed by atoms with Gasteiger partial charge in [-0.3, -0.25) is 4.90 Å². The fourth-order valence-electron chi connectivity index (χ4n) is 3.72. The lowest BCUT2D eigenvalue weighted by atomic mass is 10.1. The molecule has 0 unspecified atom stereocenters. The second kappa shape index (κ2) is 10.5. The van der Waals surface area contributed by atoms with E-state index in [2.05, 4.69) is 0 Å². The summed E-state index contributed by atoms with van der Waals surface area (Å²) in [5, 5.41) is 0. The second-order valence-electron chi connectivity index (χ2n) is 7.88. The summed E-state index contributed by atoms with van der Waals surface area (Å²) in [6.07, 6.45) is 0.776. The second-order valence-corrected chi connectivity index (χ2v) is 7.88. The first-order valence-electron chi connectivity index (χ1n) is 10.7. The monoisotopic (exact) mass is 448 g/mol. The van der Waals surface area contributed by atoms with Crippen LogP contribution >= 0.6 is 0 Å². The van der Waals surface area contributed by atoms with Gasteiger partial charge >= 0.3 is 6.03 Å². The molecule has 32 heavy (non-hydrogen) atoms. The van der Waals surface area contributed by atoms with Crippen LogP contribution in [0.1, 0.15) is 31.7 Å². The molecular weight excluding hydrogens is 418 g/mol. The molecule has 8 heteroatoms. The topological polar surface area (TPSA) is 51.2 Å². The van der Waals surface area contributed by atoms with Gasteiger partial charge in [-0.1, -0.05) is 18.2 Å². The van der Waals surface area contributed by atoms with Crippen LogP contribution in [-0.2, 0) is 6.54 Å². The molecule has 1 fully saturated rings. The summed E-state index contributed by atoms with van der Waals surface area (Å²) < 4.78 is 42.6. The predicted octanol–water partition coefficient (Wildman–Crippen LogP) is 5.35. The summed E-state index contributed by atoms with van der Waals surface area (Å²) in [7, 11) is 3.13. The van der Waals surface area contributed by atoms with E-state index in [-0.39, 0.29) is 25.5 Å². The lowest BCUT2D eigenvalue weighted by molar-refractivity contribution is 0.00763. The Morgan fingerprint density at radius 1 is 1.00 bits per heavy atom. The normalized spacial score (nSPS) is 14.5. The minimum absolute atomic E-state index is 0.108. The molecule has 2 aromatic carbocycles. The van der Waals surface area contributed by atoms with E-state index in [1.165, 1.54) is 7.11 Å². The molecule has 0 aromatic heterocycles. The number of ether oxygens (including phenoxy) is 3. The zero-order chi connectivity index (χ0) is 23.1. The Balaban J connectivity index is 1.72. The third-order valence-corrected chi connectivity index (χ3v) is 5.34. The molecule has 2 aromatic rings. The summed E-state index contributed by atoms with van der Waals surface area (Å²) in [5.74, 6) is -1.05. The molecule has 3 rings (SSSR count). The standard InChI is InChI=1S/C24H30F2N2O4/c1-24(25,26)12-6-15-32-22-16-19(10-11-21(22)31-3)28-14-7-13-27(23(28)29)17-18-8-4-5-9-20(18)30-2/h4-5,8-11,16H,6-7,12-15,17H2,1-3H3. The van der Waals surface area contributed by atoms with Gasteiger partial charge in [0.15, 0.2) is 11.5 Å². The summed E-state index contributed by atoms with van der Waals surface area (Å²) in [6, 6.07) is 12.8. The molecule has 0 saturated carbocycles. The van der Waals surface area contributed by atoms with Crippen LogP contribution in [0.15, 0.2) is 42.5 Å². The number of urea groups is 1. The molecule has 1 saturated heterocycles. The predicted molar refractivity (Wildman–Crippen MR) is 119 cm³/mol. The Bertz CT molecular complexity index is 917. The van der Waals surface area contributed by atoms with Crippen LogP contribution in [0.5, 0.6) is 17.2 Å². The van der Waals surface area contributed by atoms with Crippen LogP contribution in [0.25, 0.3) is 0 Å². The first-order valence-corrected chi connectivity index (χ1v) is 10.7. The quantitative estimate of drug-likeness (QED) is 0.460. The first kappa shape index (κ1) is 23.6. The number of amides is 2. The maximum absolute atomic E-state index is 13.2. The molecule has 0 spiro atoms. The lowest BCUT2D eigenvalue weighted by Gasteiger charge is -2.36. The maximum atomic E-state index is 13.2. The molecule has 174 valence electrons. The van der Waals surface area contributed by atoms with E-state index >= 15 is 0 Å². The molecule has 0 bridgehead atoms. The number of carbonyl (C=O) groups excluding carboxylic acids is 1. The van der Waals surface area contributed by atoms with Gasteiger partial charge in [0.2, 0.25) is 5.92 Å². The van der Waals surface area contributed by atoms with E-state index < -0.39 is 5.92 Å².